The molecule has 0 saturated carbocycles. The Labute approximate surface area is 149 Å². The molecule has 2 heterocycles. The number of fused-ring (bicyclic) bond motifs is 4. The van der Waals surface area contributed by atoms with Crippen molar-refractivity contribution in [1.82, 2.24) is 9.97 Å². The topological polar surface area (TPSA) is 25.8 Å². The molecule has 1 aliphatic carbocycles. The molecule has 0 amide bonds. The van der Waals surface area contributed by atoms with E-state index in [0.717, 1.165) is 9.86 Å². The van der Waals surface area contributed by atoms with E-state index in [9.17, 15) is 0 Å². The van der Waals surface area contributed by atoms with Crippen molar-refractivity contribution in [2.45, 2.75) is 35.6 Å². The summed E-state index contributed by atoms with van der Waals surface area (Å²) in [6.07, 6.45) is 6.69. The fourth-order valence-corrected chi connectivity index (χ4v) is 5.74. The fourth-order valence-electron chi connectivity index (χ4n) is 3.48. The Bertz CT molecular complexity index is 1050. The van der Waals surface area contributed by atoms with Gasteiger partial charge in [0.2, 0.25) is 0 Å². The average molecular weight is 348 g/mol. The summed E-state index contributed by atoms with van der Waals surface area (Å²) in [5.41, 5.74) is 1.50. The van der Waals surface area contributed by atoms with Gasteiger partial charge < -0.3 is 0 Å². The van der Waals surface area contributed by atoms with E-state index in [1.807, 2.05) is 11.3 Å². The van der Waals surface area contributed by atoms with Gasteiger partial charge in [-0.05, 0) is 54.2 Å². The van der Waals surface area contributed by atoms with Crippen molar-refractivity contribution in [3.8, 4) is 0 Å². The SMILES string of the molecule is c1ccc2cc(Sc3ncnc4sc5c(c34)CCCC5)ccc2c1. The first-order chi connectivity index (χ1) is 11.9. The van der Waals surface area contributed by atoms with E-state index < -0.39 is 0 Å². The molecular weight excluding hydrogens is 332 g/mol. The van der Waals surface area contributed by atoms with Crippen molar-refractivity contribution in [3.05, 3.63) is 59.2 Å². The summed E-state index contributed by atoms with van der Waals surface area (Å²) in [6, 6.07) is 15.1. The lowest BCUT2D eigenvalue weighted by Gasteiger charge is -2.11. The van der Waals surface area contributed by atoms with Gasteiger partial charge in [0.05, 0.1) is 0 Å². The minimum absolute atomic E-state index is 1.11. The molecule has 0 unspecified atom stereocenters. The second-order valence-corrected chi connectivity index (χ2v) is 8.33. The lowest BCUT2D eigenvalue weighted by molar-refractivity contribution is 0.699. The minimum Gasteiger partial charge on any atom is -0.229 e. The lowest BCUT2D eigenvalue weighted by Crippen LogP contribution is -1.98. The van der Waals surface area contributed by atoms with Crippen LogP contribution in [0.4, 0.5) is 0 Å². The third-order valence-corrected chi connectivity index (χ3v) is 6.84. The van der Waals surface area contributed by atoms with Crippen LogP contribution in [0.1, 0.15) is 23.3 Å². The maximum Gasteiger partial charge on any atom is 0.128 e. The summed E-state index contributed by atoms with van der Waals surface area (Å²) < 4.78 is 0. The third-order valence-electron chi connectivity index (χ3n) is 4.65. The Hall–Kier alpha value is -1.91. The first kappa shape index (κ1) is 14.4. The quantitative estimate of drug-likeness (QED) is 0.423. The van der Waals surface area contributed by atoms with Crippen molar-refractivity contribution >= 4 is 44.1 Å². The molecule has 4 aromatic rings. The first-order valence-corrected chi connectivity index (χ1v) is 9.94. The molecule has 0 N–H and O–H groups in total. The summed E-state index contributed by atoms with van der Waals surface area (Å²) in [7, 11) is 0. The summed E-state index contributed by atoms with van der Waals surface area (Å²) in [6.45, 7) is 0. The number of hydrogen-bond donors (Lipinski definition) is 0. The molecule has 2 nitrogen and oxygen atoms in total. The van der Waals surface area contributed by atoms with Crippen molar-refractivity contribution < 1.29 is 0 Å². The monoisotopic (exact) mass is 348 g/mol. The molecule has 5 rings (SSSR count). The zero-order valence-electron chi connectivity index (χ0n) is 13.2. The molecule has 0 fully saturated rings. The summed E-state index contributed by atoms with van der Waals surface area (Å²) in [4.78, 5) is 13.1. The van der Waals surface area contributed by atoms with Crippen LogP contribution >= 0.6 is 23.1 Å². The van der Waals surface area contributed by atoms with E-state index in [0.29, 0.717) is 0 Å². The Kier molecular flexibility index (Phi) is 3.53. The number of nitrogens with zero attached hydrogens (tertiary/aromatic N) is 2. The molecule has 0 spiro atoms. The van der Waals surface area contributed by atoms with Crippen LogP contribution in [0.3, 0.4) is 0 Å². The molecule has 0 atom stereocenters. The van der Waals surface area contributed by atoms with E-state index in [4.69, 9.17) is 0 Å². The zero-order valence-corrected chi connectivity index (χ0v) is 14.8. The van der Waals surface area contributed by atoms with Crippen LogP contribution in [0.25, 0.3) is 21.0 Å². The normalized spacial score (nSPS) is 14.2. The van der Waals surface area contributed by atoms with Gasteiger partial charge in [0.15, 0.2) is 0 Å². The number of aryl methyl sites for hydroxylation is 2. The van der Waals surface area contributed by atoms with E-state index in [2.05, 4.69) is 52.4 Å². The van der Waals surface area contributed by atoms with Gasteiger partial charge in [0, 0.05) is 15.2 Å². The van der Waals surface area contributed by atoms with Gasteiger partial charge in [0.1, 0.15) is 16.2 Å². The first-order valence-electron chi connectivity index (χ1n) is 8.30. The summed E-state index contributed by atoms with van der Waals surface area (Å²) >= 11 is 3.63. The molecule has 4 heteroatoms. The highest BCUT2D eigenvalue weighted by molar-refractivity contribution is 7.99. The van der Waals surface area contributed by atoms with Crippen LogP contribution in [-0.2, 0) is 12.8 Å². The average Bonchev–Trinajstić information content (AvgIpc) is 3.01. The molecule has 2 aromatic heterocycles. The second kappa shape index (κ2) is 5.87. The van der Waals surface area contributed by atoms with E-state index in [1.165, 1.54) is 57.2 Å². The number of thiophene rings is 1. The molecule has 0 bridgehead atoms. The van der Waals surface area contributed by atoms with Crippen LogP contribution in [0.5, 0.6) is 0 Å². The molecule has 24 heavy (non-hydrogen) atoms. The maximum absolute atomic E-state index is 4.62. The van der Waals surface area contributed by atoms with Crippen LogP contribution < -0.4 is 0 Å². The highest BCUT2D eigenvalue weighted by Gasteiger charge is 2.20. The predicted octanol–water partition coefficient (Wildman–Crippen LogP) is 5.87. The van der Waals surface area contributed by atoms with Gasteiger partial charge in [0.25, 0.3) is 0 Å². The highest BCUT2D eigenvalue weighted by Crippen LogP contribution is 2.41. The number of rotatable bonds is 2. The van der Waals surface area contributed by atoms with E-state index >= 15 is 0 Å². The smallest absolute Gasteiger partial charge is 0.128 e. The van der Waals surface area contributed by atoms with Crippen LogP contribution in [0, 0.1) is 0 Å². The van der Waals surface area contributed by atoms with Gasteiger partial charge in [-0.2, -0.15) is 0 Å². The van der Waals surface area contributed by atoms with Gasteiger partial charge in [-0.3, -0.25) is 0 Å². The summed E-state index contributed by atoms with van der Waals surface area (Å²) in [5, 5.41) is 4.97. The summed E-state index contributed by atoms with van der Waals surface area (Å²) in [5.74, 6) is 0. The Morgan fingerprint density at radius 3 is 2.75 bits per heavy atom. The number of benzene rings is 2. The van der Waals surface area contributed by atoms with Crippen LogP contribution in [-0.4, -0.2) is 9.97 Å². The predicted molar refractivity (Wildman–Crippen MR) is 102 cm³/mol. The second-order valence-electron chi connectivity index (χ2n) is 6.18. The minimum atomic E-state index is 1.11. The lowest BCUT2D eigenvalue weighted by atomic mass is 9.97. The molecule has 0 radical (unpaired) electrons. The fraction of sp³-hybridized carbons (Fsp3) is 0.200. The maximum atomic E-state index is 4.62. The van der Waals surface area contributed by atoms with Crippen LogP contribution in [0.15, 0.2) is 58.7 Å². The molecule has 118 valence electrons. The zero-order chi connectivity index (χ0) is 15.9. The Morgan fingerprint density at radius 1 is 0.917 bits per heavy atom. The Morgan fingerprint density at radius 2 is 1.79 bits per heavy atom. The van der Waals surface area contributed by atoms with E-state index in [-0.39, 0.29) is 0 Å². The van der Waals surface area contributed by atoms with Crippen molar-refractivity contribution in [3.63, 3.8) is 0 Å². The van der Waals surface area contributed by atoms with Crippen molar-refractivity contribution in [2.75, 3.05) is 0 Å². The largest absolute Gasteiger partial charge is 0.229 e. The molecule has 2 aromatic carbocycles. The highest BCUT2D eigenvalue weighted by atomic mass is 32.2. The number of aromatic nitrogens is 2. The van der Waals surface area contributed by atoms with Crippen molar-refractivity contribution in [1.29, 1.82) is 0 Å². The van der Waals surface area contributed by atoms with Gasteiger partial charge in [-0.25, -0.2) is 9.97 Å². The standard InChI is InChI=1S/C20H16N2S2/c1-2-6-14-11-15(10-9-13(14)5-1)23-19-18-16-7-3-4-8-17(16)24-20(18)22-12-21-19/h1-2,5-6,9-12H,3-4,7-8H2. The molecule has 1 aliphatic rings. The van der Waals surface area contributed by atoms with Gasteiger partial charge in [-0.15, -0.1) is 11.3 Å². The van der Waals surface area contributed by atoms with E-state index in [1.54, 1.807) is 18.1 Å². The molecular formula is C20H16N2S2. The molecule has 0 aliphatic heterocycles. The third kappa shape index (κ3) is 2.41. The molecule has 0 saturated heterocycles. The van der Waals surface area contributed by atoms with Gasteiger partial charge >= 0.3 is 0 Å². The van der Waals surface area contributed by atoms with Gasteiger partial charge in [-0.1, -0.05) is 42.1 Å². The van der Waals surface area contributed by atoms with Crippen molar-refractivity contribution in [2.24, 2.45) is 0 Å². The Balaban J connectivity index is 1.62. The van der Waals surface area contributed by atoms with Crippen LogP contribution in [0.2, 0.25) is 0 Å². The number of hydrogen-bond acceptors (Lipinski definition) is 4.